The Kier molecular flexibility index (Phi) is 6.18. The van der Waals surface area contributed by atoms with E-state index in [9.17, 15) is 18.5 Å². The van der Waals surface area contributed by atoms with E-state index in [0.717, 1.165) is 28.2 Å². The van der Waals surface area contributed by atoms with Crippen LogP contribution in [0.5, 0.6) is 0 Å². The van der Waals surface area contributed by atoms with Crippen molar-refractivity contribution in [3.8, 4) is 0 Å². The first kappa shape index (κ1) is 21.5. The SMILES string of the molecule is CCN(CC)S(=O)(=O)c1ccc(NN=Cc2c(C)[nH]c3ccccc23)c([N+](=O)[O-])c1. The molecule has 0 aliphatic carbocycles. The second-order valence-electron chi connectivity index (χ2n) is 6.60. The van der Waals surface area contributed by atoms with E-state index in [1.54, 1.807) is 20.1 Å². The molecule has 158 valence electrons. The molecule has 0 amide bonds. The van der Waals surface area contributed by atoms with Gasteiger partial charge in [-0.15, -0.1) is 0 Å². The number of hydrazone groups is 1. The molecule has 3 rings (SSSR count). The standard InChI is InChI=1S/C20H23N5O4S/c1-4-24(5-2)30(28,29)15-10-11-19(20(12-15)25(26)27)23-21-13-17-14(3)22-18-9-7-6-8-16(17)18/h6-13,22-23H,4-5H2,1-3H3. The molecule has 0 aliphatic rings. The van der Waals surface area contributed by atoms with Crippen LogP contribution in [0.1, 0.15) is 25.1 Å². The minimum Gasteiger partial charge on any atom is -0.358 e. The van der Waals surface area contributed by atoms with E-state index in [0.29, 0.717) is 0 Å². The van der Waals surface area contributed by atoms with Crippen LogP contribution in [0.25, 0.3) is 10.9 Å². The number of fused-ring (bicyclic) bond motifs is 1. The molecule has 0 bridgehead atoms. The summed E-state index contributed by atoms with van der Waals surface area (Å²) in [4.78, 5) is 14.0. The fraction of sp³-hybridized carbons (Fsp3) is 0.250. The lowest BCUT2D eigenvalue weighted by atomic mass is 10.1. The molecular formula is C20H23N5O4S. The first-order valence-corrected chi connectivity index (χ1v) is 10.9. The number of nitro benzene ring substituents is 1. The Labute approximate surface area is 174 Å². The van der Waals surface area contributed by atoms with E-state index >= 15 is 0 Å². The molecule has 0 unspecified atom stereocenters. The summed E-state index contributed by atoms with van der Waals surface area (Å²) in [5.41, 5.74) is 5.15. The van der Waals surface area contributed by atoms with Crippen LogP contribution in [0.3, 0.4) is 0 Å². The smallest absolute Gasteiger partial charge is 0.295 e. The number of H-pyrrole nitrogens is 1. The summed E-state index contributed by atoms with van der Waals surface area (Å²) in [7, 11) is -3.80. The number of aryl methyl sites for hydroxylation is 1. The third-order valence-corrected chi connectivity index (χ3v) is 6.88. The van der Waals surface area contributed by atoms with Gasteiger partial charge in [0, 0.05) is 41.3 Å². The summed E-state index contributed by atoms with van der Waals surface area (Å²) < 4.78 is 26.6. The predicted molar refractivity (Wildman–Crippen MR) is 117 cm³/mol. The van der Waals surface area contributed by atoms with Gasteiger partial charge in [-0.1, -0.05) is 32.0 Å². The Morgan fingerprint density at radius 2 is 1.90 bits per heavy atom. The third kappa shape index (κ3) is 4.05. The summed E-state index contributed by atoms with van der Waals surface area (Å²) in [6.45, 7) is 5.90. The van der Waals surface area contributed by atoms with Gasteiger partial charge in [0.2, 0.25) is 10.0 Å². The van der Waals surface area contributed by atoms with Crippen LogP contribution in [0.2, 0.25) is 0 Å². The van der Waals surface area contributed by atoms with Gasteiger partial charge in [-0.25, -0.2) is 8.42 Å². The molecule has 0 atom stereocenters. The fourth-order valence-electron chi connectivity index (χ4n) is 3.26. The zero-order valence-electron chi connectivity index (χ0n) is 16.9. The van der Waals surface area contributed by atoms with E-state index < -0.39 is 14.9 Å². The summed E-state index contributed by atoms with van der Waals surface area (Å²) in [5, 5.41) is 16.7. The Hall–Kier alpha value is -3.24. The van der Waals surface area contributed by atoms with Gasteiger partial charge in [-0.05, 0) is 25.1 Å². The molecule has 0 saturated heterocycles. The Balaban J connectivity index is 1.92. The summed E-state index contributed by atoms with van der Waals surface area (Å²) >= 11 is 0. The molecule has 0 radical (unpaired) electrons. The van der Waals surface area contributed by atoms with Crippen molar-refractivity contribution < 1.29 is 13.3 Å². The van der Waals surface area contributed by atoms with Crippen LogP contribution >= 0.6 is 0 Å². The maximum atomic E-state index is 12.7. The summed E-state index contributed by atoms with van der Waals surface area (Å²) in [6.07, 6.45) is 1.58. The van der Waals surface area contributed by atoms with Crippen molar-refractivity contribution in [2.45, 2.75) is 25.7 Å². The highest BCUT2D eigenvalue weighted by molar-refractivity contribution is 7.89. The Morgan fingerprint density at radius 1 is 1.20 bits per heavy atom. The summed E-state index contributed by atoms with van der Waals surface area (Å²) in [5.74, 6) is 0. The maximum absolute atomic E-state index is 12.7. The van der Waals surface area contributed by atoms with Gasteiger partial charge < -0.3 is 4.98 Å². The van der Waals surface area contributed by atoms with E-state index in [2.05, 4.69) is 15.5 Å². The molecule has 1 heterocycles. The lowest BCUT2D eigenvalue weighted by molar-refractivity contribution is -0.384. The quantitative estimate of drug-likeness (QED) is 0.320. The first-order valence-electron chi connectivity index (χ1n) is 9.44. The van der Waals surface area contributed by atoms with Crippen LogP contribution in [-0.2, 0) is 10.0 Å². The number of para-hydroxylation sites is 1. The molecule has 1 aromatic heterocycles. The van der Waals surface area contributed by atoms with Crippen molar-refractivity contribution in [2.75, 3.05) is 18.5 Å². The maximum Gasteiger partial charge on any atom is 0.295 e. The van der Waals surface area contributed by atoms with Gasteiger partial charge in [0.15, 0.2) is 0 Å². The number of nitrogens with one attached hydrogen (secondary N) is 2. The van der Waals surface area contributed by atoms with Gasteiger partial charge in [0.05, 0.1) is 16.0 Å². The van der Waals surface area contributed by atoms with Crippen LogP contribution in [-0.4, -0.2) is 41.9 Å². The number of rotatable bonds is 8. The molecule has 2 N–H and O–H groups in total. The lowest BCUT2D eigenvalue weighted by Gasteiger charge is -2.18. The highest BCUT2D eigenvalue weighted by atomic mass is 32.2. The molecule has 0 fully saturated rings. The second-order valence-corrected chi connectivity index (χ2v) is 8.54. The van der Waals surface area contributed by atoms with Gasteiger partial charge in [-0.3, -0.25) is 15.5 Å². The molecule has 0 aliphatic heterocycles. The molecule has 2 aromatic carbocycles. The number of hydrogen-bond acceptors (Lipinski definition) is 6. The molecule has 0 saturated carbocycles. The molecule has 10 heteroatoms. The number of anilines is 1. The monoisotopic (exact) mass is 429 g/mol. The zero-order valence-corrected chi connectivity index (χ0v) is 17.7. The second kappa shape index (κ2) is 8.64. The van der Waals surface area contributed by atoms with Crippen molar-refractivity contribution in [2.24, 2.45) is 5.10 Å². The van der Waals surface area contributed by atoms with E-state index in [1.165, 1.54) is 16.4 Å². The van der Waals surface area contributed by atoms with Crippen molar-refractivity contribution in [3.63, 3.8) is 0 Å². The average molecular weight is 430 g/mol. The van der Waals surface area contributed by atoms with Crippen molar-refractivity contribution in [3.05, 3.63) is 63.8 Å². The lowest BCUT2D eigenvalue weighted by Crippen LogP contribution is -2.30. The number of sulfonamides is 1. The van der Waals surface area contributed by atoms with Crippen LogP contribution in [0, 0.1) is 17.0 Å². The third-order valence-electron chi connectivity index (χ3n) is 4.83. The van der Waals surface area contributed by atoms with Gasteiger partial charge in [0.25, 0.3) is 5.69 Å². The summed E-state index contributed by atoms with van der Waals surface area (Å²) in [6, 6.07) is 11.5. The normalized spacial score (nSPS) is 12.1. The zero-order chi connectivity index (χ0) is 21.9. The molecule has 30 heavy (non-hydrogen) atoms. The molecule has 3 aromatic rings. The van der Waals surface area contributed by atoms with Gasteiger partial charge >= 0.3 is 0 Å². The number of nitro groups is 1. The van der Waals surface area contributed by atoms with Crippen molar-refractivity contribution in [1.82, 2.24) is 9.29 Å². The fourth-order valence-corrected chi connectivity index (χ4v) is 4.74. The van der Waals surface area contributed by atoms with Crippen LogP contribution in [0.15, 0.2) is 52.5 Å². The molecular weight excluding hydrogens is 406 g/mol. The van der Waals surface area contributed by atoms with Crippen LogP contribution < -0.4 is 5.43 Å². The number of nitrogens with zero attached hydrogens (tertiary/aromatic N) is 3. The van der Waals surface area contributed by atoms with Crippen molar-refractivity contribution >= 4 is 38.5 Å². The van der Waals surface area contributed by atoms with E-state index in [1.807, 2.05) is 31.2 Å². The average Bonchev–Trinajstić information content (AvgIpc) is 3.04. The number of benzene rings is 2. The minimum absolute atomic E-state index is 0.104. The Morgan fingerprint density at radius 3 is 2.57 bits per heavy atom. The topological polar surface area (TPSA) is 121 Å². The highest BCUT2D eigenvalue weighted by Gasteiger charge is 2.25. The van der Waals surface area contributed by atoms with E-state index in [-0.39, 0.29) is 29.4 Å². The minimum atomic E-state index is -3.80. The molecule has 9 nitrogen and oxygen atoms in total. The molecule has 0 spiro atoms. The number of aromatic nitrogens is 1. The Bertz CT molecular complexity index is 1210. The van der Waals surface area contributed by atoms with Gasteiger partial charge in [-0.2, -0.15) is 9.41 Å². The van der Waals surface area contributed by atoms with E-state index in [4.69, 9.17) is 0 Å². The van der Waals surface area contributed by atoms with Crippen LogP contribution in [0.4, 0.5) is 11.4 Å². The van der Waals surface area contributed by atoms with Crippen molar-refractivity contribution in [1.29, 1.82) is 0 Å². The number of aromatic amines is 1. The largest absolute Gasteiger partial charge is 0.358 e. The predicted octanol–water partition coefficient (Wildman–Crippen LogP) is 3.86. The number of hydrogen-bond donors (Lipinski definition) is 2. The highest BCUT2D eigenvalue weighted by Crippen LogP contribution is 2.29. The first-order chi connectivity index (χ1) is 14.3. The van der Waals surface area contributed by atoms with Gasteiger partial charge in [0.1, 0.15) is 5.69 Å².